The monoisotopic (exact) mass is 303 g/mol. The Kier molecular flexibility index (Phi) is 3.40. The predicted octanol–water partition coefficient (Wildman–Crippen LogP) is 2.79. The van der Waals surface area contributed by atoms with Crippen molar-refractivity contribution in [3.05, 3.63) is 23.2 Å². The third kappa shape index (κ3) is 2.18. The fourth-order valence-electron chi connectivity index (χ4n) is 1.80. The molecule has 1 atom stereocenters. The third-order valence-electron chi connectivity index (χ3n) is 2.66. The maximum Gasteiger partial charge on any atom is 0.227 e. The number of hydrogen-bond acceptors (Lipinski definition) is 2. The highest BCUT2D eigenvalue weighted by Gasteiger charge is 2.29. The lowest BCUT2D eigenvalue weighted by Crippen LogP contribution is -2.24. The number of phenols is 1. The average molecular weight is 305 g/mol. The molecule has 3 nitrogen and oxygen atoms in total. The van der Waals surface area contributed by atoms with Gasteiger partial charge in [-0.05, 0) is 18.1 Å². The second-order valence-electron chi connectivity index (χ2n) is 3.86. The largest absolute Gasteiger partial charge is 0.506 e. The first kappa shape index (κ1) is 11.7. The molecule has 0 aliphatic carbocycles. The van der Waals surface area contributed by atoms with Gasteiger partial charge in [-0.25, -0.2) is 0 Å². The molecular weight excluding hydrogens is 293 g/mol. The number of anilines is 1. The van der Waals surface area contributed by atoms with Crippen molar-refractivity contribution in [3.63, 3.8) is 0 Å². The number of nitrogens with zero attached hydrogens (tertiary/aromatic N) is 1. The molecule has 0 aromatic heterocycles. The molecule has 1 saturated heterocycles. The van der Waals surface area contributed by atoms with Gasteiger partial charge in [0.15, 0.2) is 0 Å². The van der Waals surface area contributed by atoms with Crippen LogP contribution in [0.25, 0.3) is 0 Å². The molecule has 0 radical (unpaired) electrons. The molecular formula is C11H11BrClNO2. The zero-order valence-electron chi connectivity index (χ0n) is 8.49. The summed E-state index contributed by atoms with van der Waals surface area (Å²) in [6.45, 7) is 0.686. The summed E-state index contributed by atoms with van der Waals surface area (Å²) in [5.41, 5.74) is 0.704. The number of carbonyl (C=O) groups is 1. The van der Waals surface area contributed by atoms with Gasteiger partial charge in [0.05, 0.1) is 5.02 Å². The topological polar surface area (TPSA) is 40.5 Å². The van der Waals surface area contributed by atoms with E-state index < -0.39 is 0 Å². The van der Waals surface area contributed by atoms with Crippen molar-refractivity contribution in [1.29, 1.82) is 0 Å². The van der Waals surface area contributed by atoms with Gasteiger partial charge in [-0.2, -0.15) is 0 Å². The second-order valence-corrected chi connectivity index (χ2v) is 4.92. The number of phenolic OH excluding ortho intramolecular Hbond substituents is 1. The minimum absolute atomic E-state index is 0.00857. The fourth-order valence-corrected chi connectivity index (χ4v) is 2.35. The summed E-state index contributed by atoms with van der Waals surface area (Å²) in [5.74, 6) is 0.436. The first-order valence-electron chi connectivity index (χ1n) is 4.96. The van der Waals surface area contributed by atoms with Gasteiger partial charge in [-0.3, -0.25) is 4.79 Å². The number of aromatic hydroxyl groups is 1. The highest BCUT2D eigenvalue weighted by molar-refractivity contribution is 9.09. The van der Waals surface area contributed by atoms with Crippen LogP contribution in [0, 0.1) is 5.92 Å². The number of benzene rings is 1. The van der Waals surface area contributed by atoms with Crippen LogP contribution in [0.3, 0.4) is 0 Å². The Morgan fingerprint density at radius 2 is 2.31 bits per heavy atom. The van der Waals surface area contributed by atoms with E-state index in [1.807, 2.05) is 0 Å². The van der Waals surface area contributed by atoms with E-state index in [0.717, 1.165) is 5.33 Å². The van der Waals surface area contributed by atoms with Crippen LogP contribution in [-0.2, 0) is 4.79 Å². The highest BCUT2D eigenvalue weighted by Crippen LogP contribution is 2.32. The van der Waals surface area contributed by atoms with E-state index in [4.69, 9.17) is 11.6 Å². The van der Waals surface area contributed by atoms with E-state index in [-0.39, 0.29) is 11.7 Å². The van der Waals surface area contributed by atoms with Crippen LogP contribution in [0.5, 0.6) is 5.75 Å². The molecule has 1 heterocycles. The van der Waals surface area contributed by atoms with Crippen LogP contribution in [0.1, 0.15) is 6.42 Å². The van der Waals surface area contributed by atoms with Crippen molar-refractivity contribution < 1.29 is 9.90 Å². The van der Waals surface area contributed by atoms with Crippen molar-refractivity contribution in [3.8, 4) is 5.75 Å². The van der Waals surface area contributed by atoms with Crippen LogP contribution in [0.15, 0.2) is 18.2 Å². The lowest BCUT2D eigenvalue weighted by Gasteiger charge is -2.16. The molecule has 1 fully saturated rings. The quantitative estimate of drug-likeness (QED) is 0.854. The maximum absolute atomic E-state index is 11.7. The van der Waals surface area contributed by atoms with Crippen molar-refractivity contribution in [1.82, 2.24) is 0 Å². The van der Waals surface area contributed by atoms with Crippen molar-refractivity contribution in [2.75, 3.05) is 16.8 Å². The summed E-state index contributed by atoms with van der Waals surface area (Å²) >= 11 is 9.10. The van der Waals surface area contributed by atoms with Crippen LogP contribution in [0.2, 0.25) is 5.02 Å². The van der Waals surface area contributed by atoms with E-state index in [2.05, 4.69) is 15.9 Å². The number of rotatable bonds is 2. The summed E-state index contributed by atoms with van der Waals surface area (Å²) < 4.78 is 0. The number of hydrogen-bond donors (Lipinski definition) is 1. The molecule has 1 aromatic rings. The van der Waals surface area contributed by atoms with Gasteiger partial charge < -0.3 is 10.0 Å². The van der Waals surface area contributed by atoms with Gasteiger partial charge in [0, 0.05) is 30.0 Å². The van der Waals surface area contributed by atoms with E-state index in [1.54, 1.807) is 17.0 Å². The zero-order chi connectivity index (χ0) is 11.7. The van der Waals surface area contributed by atoms with E-state index >= 15 is 0 Å². The maximum atomic E-state index is 11.7. The Hall–Kier alpha value is -0.740. The summed E-state index contributed by atoms with van der Waals surface area (Å²) in [7, 11) is 0. The Morgan fingerprint density at radius 3 is 2.88 bits per heavy atom. The summed E-state index contributed by atoms with van der Waals surface area (Å²) in [6.07, 6.45) is 0.550. The smallest absolute Gasteiger partial charge is 0.227 e. The molecule has 1 aliphatic rings. The highest BCUT2D eigenvalue weighted by atomic mass is 79.9. The molecule has 1 amide bonds. The molecule has 0 saturated carbocycles. The number of carbonyl (C=O) groups excluding carboxylic acids is 1. The number of amides is 1. The van der Waals surface area contributed by atoms with E-state index in [1.165, 1.54) is 6.07 Å². The first-order chi connectivity index (χ1) is 7.61. The molecule has 1 N–H and O–H groups in total. The SMILES string of the molecule is O=C1CC(CBr)CN1c1ccc(Cl)c(O)c1. The lowest BCUT2D eigenvalue weighted by atomic mass is 10.2. The van der Waals surface area contributed by atoms with Gasteiger partial charge >= 0.3 is 0 Å². The van der Waals surface area contributed by atoms with E-state index in [9.17, 15) is 9.90 Å². The fraction of sp³-hybridized carbons (Fsp3) is 0.364. The Morgan fingerprint density at radius 1 is 1.56 bits per heavy atom. The average Bonchev–Trinajstić information content (AvgIpc) is 2.64. The molecule has 1 aromatic carbocycles. The lowest BCUT2D eigenvalue weighted by molar-refractivity contribution is -0.117. The Balaban J connectivity index is 2.24. The minimum atomic E-state index is 0.00857. The van der Waals surface area contributed by atoms with Crippen molar-refractivity contribution >= 4 is 39.1 Å². The van der Waals surface area contributed by atoms with Crippen molar-refractivity contribution in [2.45, 2.75) is 6.42 Å². The van der Waals surface area contributed by atoms with Gasteiger partial charge in [0.1, 0.15) is 5.75 Å². The predicted molar refractivity (Wildman–Crippen MR) is 67.4 cm³/mol. The first-order valence-corrected chi connectivity index (χ1v) is 6.46. The zero-order valence-corrected chi connectivity index (χ0v) is 10.8. The molecule has 0 bridgehead atoms. The molecule has 16 heavy (non-hydrogen) atoms. The second kappa shape index (κ2) is 4.63. The molecule has 0 spiro atoms. The Labute approximate surface area is 107 Å². The molecule has 5 heteroatoms. The third-order valence-corrected chi connectivity index (χ3v) is 3.90. The summed E-state index contributed by atoms with van der Waals surface area (Å²) in [4.78, 5) is 13.4. The minimum Gasteiger partial charge on any atom is -0.506 e. The summed E-state index contributed by atoms with van der Waals surface area (Å²) in [5, 5.41) is 10.6. The van der Waals surface area contributed by atoms with E-state index in [0.29, 0.717) is 29.6 Å². The van der Waals surface area contributed by atoms with Crippen LogP contribution >= 0.6 is 27.5 Å². The molecule has 1 aliphatic heterocycles. The van der Waals surface area contributed by atoms with Crippen LogP contribution < -0.4 is 4.90 Å². The van der Waals surface area contributed by atoms with Crippen LogP contribution in [-0.4, -0.2) is 22.9 Å². The normalized spacial score (nSPS) is 20.5. The molecule has 1 unspecified atom stereocenters. The Bertz CT molecular complexity index is 424. The van der Waals surface area contributed by atoms with Gasteiger partial charge in [-0.15, -0.1) is 0 Å². The van der Waals surface area contributed by atoms with Gasteiger partial charge in [-0.1, -0.05) is 27.5 Å². The number of alkyl halides is 1. The standard InChI is InChI=1S/C11H11BrClNO2/c12-5-7-3-11(16)14(6-7)8-1-2-9(13)10(15)4-8/h1-2,4,7,15H,3,5-6H2. The molecule has 86 valence electrons. The molecule has 2 rings (SSSR count). The van der Waals surface area contributed by atoms with Gasteiger partial charge in [0.2, 0.25) is 5.91 Å². The van der Waals surface area contributed by atoms with Gasteiger partial charge in [0.25, 0.3) is 0 Å². The van der Waals surface area contributed by atoms with Crippen molar-refractivity contribution in [2.24, 2.45) is 5.92 Å². The van der Waals surface area contributed by atoms with Crippen LogP contribution in [0.4, 0.5) is 5.69 Å². The summed E-state index contributed by atoms with van der Waals surface area (Å²) in [6, 6.07) is 4.87. The number of halogens is 2.